The Bertz CT molecular complexity index is 1180. The van der Waals surface area contributed by atoms with Gasteiger partial charge in [-0.1, -0.05) is 30.3 Å². The van der Waals surface area contributed by atoms with E-state index in [9.17, 15) is 18.3 Å². The lowest BCUT2D eigenvalue weighted by Gasteiger charge is -2.17. The van der Waals surface area contributed by atoms with Gasteiger partial charge in [-0.15, -0.1) is 0 Å². The van der Waals surface area contributed by atoms with Gasteiger partial charge in [-0.25, -0.2) is 15.0 Å². The maximum absolute atomic E-state index is 13.1. The molecule has 0 saturated carbocycles. The van der Waals surface area contributed by atoms with E-state index in [2.05, 4.69) is 25.3 Å². The minimum absolute atomic E-state index is 0.177. The molecule has 1 atom stereocenters. The molecule has 3 heterocycles. The van der Waals surface area contributed by atoms with Crippen LogP contribution in [0.1, 0.15) is 17.2 Å². The van der Waals surface area contributed by atoms with Gasteiger partial charge < -0.3 is 21.1 Å². The molecule has 154 valence electrons. The molecule has 0 bridgehead atoms. The number of nitrogens with one attached hydrogen (secondary N) is 2. The number of aliphatic hydroxyl groups excluding tert-OH is 1. The summed E-state index contributed by atoms with van der Waals surface area (Å²) < 4.78 is 39.3. The highest BCUT2D eigenvalue weighted by Crippen LogP contribution is 2.35. The van der Waals surface area contributed by atoms with Crippen molar-refractivity contribution in [3.05, 3.63) is 66.1 Å². The summed E-state index contributed by atoms with van der Waals surface area (Å²) in [6, 6.07) is 9.76. The van der Waals surface area contributed by atoms with Crippen LogP contribution in [0.2, 0.25) is 0 Å². The van der Waals surface area contributed by atoms with Crippen LogP contribution in [-0.4, -0.2) is 31.6 Å². The SMILES string of the molecule is Nc1cnc(NC(CO)c2ccccc2)nc1-c1c[nH]c2ncc(C(F)(F)F)cc12. The van der Waals surface area contributed by atoms with Crippen molar-refractivity contribution in [2.45, 2.75) is 12.2 Å². The van der Waals surface area contributed by atoms with Crippen LogP contribution in [0.25, 0.3) is 22.3 Å². The molecule has 0 aliphatic carbocycles. The van der Waals surface area contributed by atoms with Crippen molar-refractivity contribution in [1.29, 1.82) is 0 Å². The zero-order valence-electron chi connectivity index (χ0n) is 15.5. The number of halogens is 3. The molecule has 0 spiro atoms. The normalized spacial score (nSPS) is 12.8. The number of fused-ring (bicyclic) bond motifs is 1. The monoisotopic (exact) mass is 414 g/mol. The van der Waals surface area contributed by atoms with Crippen molar-refractivity contribution in [3.8, 4) is 11.3 Å². The van der Waals surface area contributed by atoms with Gasteiger partial charge in [0.15, 0.2) is 0 Å². The minimum atomic E-state index is -4.52. The van der Waals surface area contributed by atoms with E-state index < -0.39 is 17.8 Å². The van der Waals surface area contributed by atoms with Crippen molar-refractivity contribution >= 4 is 22.7 Å². The summed E-state index contributed by atoms with van der Waals surface area (Å²) in [7, 11) is 0. The fourth-order valence-electron chi connectivity index (χ4n) is 3.11. The Morgan fingerprint density at radius 3 is 2.60 bits per heavy atom. The predicted molar refractivity (Wildman–Crippen MR) is 106 cm³/mol. The minimum Gasteiger partial charge on any atom is -0.396 e. The van der Waals surface area contributed by atoms with Crippen LogP contribution in [0, 0.1) is 0 Å². The Morgan fingerprint density at radius 1 is 1.13 bits per heavy atom. The molecule has 30 heavy (non-hydrogen) atoms. The first-order chi connectivity index (χ1) is 14.4. The average molecular weight is 414 g/mol. The second-order valence-corrected chi connectivity index (χ2v) is 6.61. The number of rotatable bonds is 5. The second kappa shape index (κ2) is 7.64. The van der Waals surface area contributed by atoms with Crippen LogP contribution in [0.5, 0.6) is 0 Å². The van der Waals surface area contributed by atoms with Gasteiger partial charge in [-0.05, 0) is 11.6 Å². The Morgan fingerprint density at radius 2 is 1.90 bits per heavy atom. The van der Waals surface area contributed by atoms with Crippen molar-refractivity contribution in [2.24, 2.45) is 0 Å². The second-order valence-electron chi connectivity index (χ2n) is 6.61. The first kappa shape index (κ1) is 19.6. The van der Waals surface area contributed by atoms with Gasteiger partial charge in [-0.2, -0.15) is 13.2 Å². The van der Waals surface area contributed by atoms with Crippen molar-refractivity contribution < 1.29 is 18.3 Å². The molecule has 4 aromatic rings. The Kier molecular flexibility index (Phi) is 5.00. The van der Waals surface area contributed by atoms with Crippen molar-refractivity contribution in [1.82, 2.24) is 19.9 Å². The number of hydrogen-bond acceptors (Lipinski definition) is 6. The number of aromatic nitrogens is 4. The van der Waals surface area contributed by atoms with E-state index in [4.69, 9.17) is 5.73 Å². The summed E-state index contributed by atoms with van der Waals surface area (Å²) in [6.45, 7) is -0.209. The van der Waals surface area contributed by atoms with Gasteiger partial charge >= 0.3 is 6.18 Å². The van der Waals surface area contributed by atoms with Crippen LogP contribution in [0.15, 0.2) is 55.0 Å². The third-order valence-electron chi connectivity index (χ3n) is 4.62. The molecular formula is C20H17F3N6O. The fraction of sp³-hybridized carbons (Fsp3) is 0.150. The van der Waals surface area contributed by atoms with E-state index in [0.717, 1.165) is 17.8 Å². The molecule has 0 aliphatic rings. The largest absolute Gasteiger partial charge is 0.417 e. The lowest BCUT2D eigenvalue weighted by Crippen LogP contribution is -2.17. The average Bonchev–Trinajstić information content (AvgIpc) is 3.16. The van der Waals surface area contributed by atoms with E-state index >= 15 is 0 Å². The van der Waals surface area contributed by atoms with Crippen molar-refractivity contribution in [3.63, 3.8) is 0 Å². The summed E-state index contributed by atoms with van der Waals surface area (Å²) in [4.78, 5) is 15.2. The number of anilines is 2. The molecule has 1 unspecified atom stereocenters. The third-order valence-corrected chi connectivity index (χ3v) is 4.62. The number of nitrogens with two attached hydrogens (primary N) is 1. The Balaban J connectivity index is 1.74. The third kappa shape index (κ3) is 3.77. The number of H-pyrrole nitrogens is 1. The predicted octanol–water partition coefficient (Wildman–Crippen LogP) is 3.77. The molecule has 0 fully saturated rings. The van der Waals surface area contributed by atoms with Gasteiger partial charge in [0.05, 0.1) is 30.1 Å². The first-order valence-corrected chi connectivity index (χ1v) is 8.96. The number of benzene rings is 1. The summed E-state index contributed by atoms with van der Waals surface area (Å²) >= 11 is 0. The summed E-state index contributed by atoms with van der Waals surface area (Å²) in [5, 5.41) is 13.0. The molecule has 1 aromatic carbocycles. The smallest absolute Gasteiger partial charge is 0.396 e. The molecule has 0 aliphatic heterocycles. The zero-order valence-corrected chi connectivity index (χ0v) is 15.5. The molecular weight excluding hydrogens is 397 g/mol. The Hall–Kier alpha value is -3.66. The molecule has 10 heteroatoms. The van der Waals surface area contributed by atoms with Crippen LogP contribution >= 0.6 is 0 Å². The lowest BCUT2D eigenvalue weighted by atomic mass is 10.1. The highest BCUT2D eigenvalue weighted by atomic mass is 19.4. The summed E-state index contributed by atoms with van der Waals surface area (Å²) in [6.07, 6.45) is -0.890. The van der Waals surface area contributed by atoms with Gasteiger partial charge in [0.1, 0.15) is 11.3 Å². The van der Waals surface area contributed by atoms with Crippen LogP contribution in [-0.2, 0) is 6.18 Å². The topological polar surface area (TPSA) is 113 Å². The number of nitrogens with zero attached hydrogens (tertiary/aromatic N) is 3. The van der Waals surface area contributed by atoms with Crippen LogP contribution < -0.4 is 11.1 Å². The Labute approximate surface area is 168 Å². The van der Waals surface area contributed by atoms with E-state index in [1.54, 1.807) is 0 Å². The number of aliphatic hydroxyl groups is 1. The summed E-state index contributed by atoms with van der Waals surface area (Å²) in [5.41, 5.74) is 7.06. The number of nitrogen functional groups attached to an aromatic ring is 1. The molecule has 0 saturated heterocycles. The fourth-order valence-corrected chi connectivity index (χ4v) is 3.11. The number of hydrogen-bond donors (Lipinski definition) is 4. The van der Waals surface area contributed by atoms with Crippen LogP contribution in [0.4, 0.5) is 24.8 Å². The van der Waals surface area contributed by atoms with E-state index in [0.29, 0.717) is 5.56 Å². The number of aromatic amines is 1. The standard InChI is InChI=1S/C20H17F3N6O/c21-20(22,23)12-6-13-14(8-26-18(13)25-7-12)17-15(24)9-27-19(29-17)28-16(10-30)11-4-2-1-3-5-11/h1-9,16,30H,10,24H2,(H,25,26)(H,27,28,29). The van der Waals surface area contributed by atoms with Gasteiger partial charge in [0.2, 0.25) is 5.95 Å². The van der Waals surface area contributed by atoms with E-state index in [-0.39, 0.29) is 35.0 Å². The van der Waals surface area contributed by atoms with Gasteiger partial charge in [0.25, 0.3) is 0 Å². The van der Waals surface area contributed by atoms with Gasteiger partial charge in [0, 0.05) is 23.3 Å². The maximum atomic E-state index is 13.1. The lowest BCUT2D eigenvalue weighted by molar-refractivity contribution is -0.137. The van der Waals surface area contributed by atoms with E-state index in [1.165, 1.54) is 12.4 Å². The molecule has 0 amide bonds. The van der Waals surface area contributed by atoms with E-state index in [1.807, 2.05) is 30.3 Å². The zero-order chi connectivity index (χ0) is 21.3. The number of alkyl halides is 3. The quantitative estimate of drug-likeness (QED) is 0.396. The number of pyridine rings is 1. The highest BCUT2D eigenvalue weighted by molar-refractivity contribution is 5.95. The maximum Gasteiger partial charge on any atom is 0.417 e. The molecule has 3 aromatic heterocycles. The summed E-state index contributed by atoms with van der Waals surface area (Å²) in [5.74, 6) is 0.177. The molecule has 4 rings (SSSR count). The molecule has 5 N–H and O–H groups in total. The molecule has 7 nitrogen and oxygen atoms in total. The van der Waals surface area contributed by atoms with Gasteiger partial charge in [-0.3, -0.25) is 0 Å². The van der Waals surface area contributed by atoms with Crippen molar-refractivity contribution in [2.75, 3.05) is 17.7 Å². The molecule has 0 radical (unpaired) electrons. The van der Waals surface area contributed by atoms with Crippen LogP contribution in [0.3, 0.4) is 0 Å². The highest BCUT2D eigenvalue weighted by Gasteiger charge is 2.31. The first-order valence-electron chi connectivity index (χ1n) is 8.96.